The van der Waals surface area contributed by atoms with E-state index in [4.69, 9.17) is 5.11 Å². The zero-order valence-corrected chi connectivity index (χ0v) is 8.49. The molecule has 1 rings (SSSR count). The topological polar surface area (TPSA) is 40.5 Å². The Bertz CT molecular complexity index is 178. The predicted molar refractivity (Wildman–Crippen MR) is 51.7 cm³/mol. The van der Waals surface area contributed by atoms with E-state index in [9.17, 15) is 4.79 Å². The molecule has 0 aromatic heterocycles. The van der Waals surface area contributed by atoms with Gasteiger partial charge in [0, 0.05) is 12.6 Å². The Labute approximate surface area is 79.7 Å². The Balaban J connectivity index is 2.36. The maximum Gasteiger partial charge on any atom is 0.317 e. The summed E-state index contributed by atoms with van der Waals surface area (Å²) in [4.78, 5) is 12.7. The molecule has 1 aliphatic carbocycles. The van der Waals surface area contributed by atoms with Crippen LogP contribution in [0, 0.1) is 5.92 Å². The van der Waals surface area contributed by atoms with Gasteiger partial charge in [-0.2, -0.15) is 0 Å². The molecule has 0 aromatic rings. The molecule has 0 saturated heterocycles. The van der Waals surface area contributed by atoms with Crippen LogP contribution in [0.25, 0.3) is 0 Å². The fraction of sp³-hybridized carbons (Fsp3) is 0.900. The van der Waals surface area contributed by atoms with Gasteiger partial charge >= 0.3 is 5.97 Å². The predicted octanol–water partition coefficient (Wildman–Crippen LogP) is 1.58. The molecular formula is C10H19NO2. The summed E-state index contributed by atoms with van der Waals surface area (Å²) in [6, 6.07) is 0.400. The summed E-state index contributed by atoms with van der Waals surface area (Å²) in [5.41, 5.74) is 0. The minimum absolute atomic E-state index is 0.200. The summed E-state index contributed by atoms with van der Waals surface area (Å²) in [5.74, 6) is 0.0642. The highest BCUT2D eigenvalue weighted by Gasteiger charge is 2.26. The highest BCUT2D eigenvalue weighted by atomic mass is 16.4. The summed E-state index contributed by atoms with van der Waals surface area (Å²) in [7, 11) is 0. The van der Waals surface area contributed by atoms with Crippen molar-refractivity contribution in [2.75, 3.05) is 13.1 Å². The number of carboxylic acids is 1. The van der Waals surface area contributed by atoms with Crippen LogP contribution >= 0.6 is 0 Å². The average Bonchev–Trinajstić information content (AvgIpc) is 2.85. The summed E-state index contributed by atoms with van der Waals surface area (Å²) < 4.78 is 0. The van der Waals surface area contributed by atoms with E-state index in [1.54, 1.807) is 0 Å². The quantitative estimate of drug-likeness (QED) is 0.683. The monoisotopic (exact) mass is 185 g/mol. The van der Waals surface area contributed by atoms with Crippen LogP contribution in [0.4, 0.5) is 0 Å². The summed E-state index contributed by atoms with van der Waals surface area (Å²) >= 11 is 0. The Kier molecular flexibility index (Phi) is 3.72. The molecule has 3 nitrogen and oxygen atoms in total. The number of hydrogen-bond donors (Lipinski definition) is 1. The van der Waals surface area contributed by atoms with Crippen LogP contribution in [0.2, 0.25) is 0 Å². The van der Waals surface area contributed by atoms with Gasteiger partial charge in [0.05, 0.1) is 6.54 Å². The summed E-state index contributed by atoms with van der Waals surface area (Å²) in [5, 5.41) is 8.72. The molecule has 0 heterocycles. The van der Waals surface area contributed by atoms with Crippen LogP contribution < -0.4 is 0 Å². The second-order valence-electron chi connectivity index (χ2n) is 4.02. The Hall–Kier alpha value is -0.570. The van der Waals surface area contributed by atoms with Gasteiger partial charge in [-0.05, 0) is 32.1 Å². The van der Waals surface area contributed by atoms with E-state index in [2.05, 4.69) is 18.7 Å². The third kappa shape index (κ3) is 3.77. The SMILES string of the molecule is CCC(C)N(CC(=O)O)CC1CC1. The van der Waals surface area contributed by atoms with Gasteiger partial charge in [-0.15, -0.1) is 0 Å². The van der Waals surface area contributed by atoms with E-state index in [0.717, 1.165) is 18.9 Å². The number of carboxylic acid groups (broad SMARTS) is 1. The summed E-state index contributed by atoms with van der Waals surface area (Å²) in [6.45, 7) is 5.38. The molecule has 3 heteroatoms. The molecule has 1 fully saturated rings. The van der Waals surface area contributed by atoms with E-state index in [1.807, 2.05) is 0 Å². The van der Waals surface area contributed by atoms with E-state index >= 15 is 0 Å². The Morgan fingerprint density at radius 1 is 1.62 bits per heavy atom. The van der Waals surface area contributed by atoms with Crippen LogP contribution in [0.1, 0.15) is 33.1 Å². The molecular weight excluding hydrogens is 166 g/mol. The number of carbonyl (C=O) groups is 1. The molecule has 0 aliphatic heterocycles. The maximum absolute atomic E-state index is 10.6. The number of nitrogens with zero attached hydrogens (tertiary/aromatic N) is 1. The minimum atomic E-state index is -0.707. The fourth-order valence-corrected chi connectivity index (χ4v) is 1.46. The van der Waals surface area contributed by atoms with E-state index in [0.29, 0.717) is 6.04 Å². The first-order valence-electron chi connectivity index (χ1n) is 5.09. The zero-order valence-electron chi connectivity index (χ0n) is 8.49. The first kappa shape index (κ1) is 10.5. The van der Waals surface area contributed by atoms with Crippen LogP contribution in [0.3, 0.4) is 0 Å². The van der Waals surface area contributed by atoms with Gasteiger partial charge < -0.3 is 5.11 Å². The lowest BCUT2D eigenvalue weighted by atomic mass is 10.2. The van der Waals surface area contributed by atoms with E-state index < -0.39 is 5.97 Å². The van der Waals surface area contributed by atoms with Crippen LogP contribution in [-0.4, -0.2) is 35.1 Å². The van der Waals surface area contributed by atoms with Gasteiger partial charge in [0.15, 0.2) is 0 Å². The van der Waals surface area contributed by atoms with Gasteiger partial charge in [-0.3, -0.25) is 9.69 Å². The van der Waals surface area contributed by atoms with Crippen LogP contribution in [0.15, 0.2) is 0 Å². The maximum atomic E-state index is 10.6. The molecule has 1 aliphatic rings. The van der Waals surface area contributed by atoms with Crippen LogP contribution in [0.5, 0.6) is 0 Å². The molecule has 0 amide bonds. The van der Waals surface area contributed by atoms with E-state index in [-0.39, 0.29) is 6.54 Å². The van der Waals surface area contributed by atoms with Crippen molar-refractivity contribution in [3.63, 3.8) is 0 Å². The molecule has 0 bridgehead atoms. The van der Waals surface area contributed by atoms with Crippen molar-refractivity contribution in [3.8, 4) is 0 Å². The first-order chi connectivity index (χ1) is 6.13. The number of aliphatic carboxylic acids is 1. The second kappa shape index (κ2) is 4.61. The zero-order chi connectivity index (χ0) is 9.84. The molecule has 13 heavy (non-hydrogen) atoms. The van der Waals surface area contributed by atoms with Crippen molar-refractivity contribution in [3.05, 3.63) is 0 Å². The third-order valence-electron chi connectivity index (χ3n) is 2.74. The van der Waals surface area contributed by atoms with Gasteiger partial charge in [0.25, 0.3) is 0 Å². The minimum Gasteiger partial charge on any atom is -0.480 e. The summed E-state index contributed by atoms with van der Waals surface area (Å²) in [6.07, 6.45) is 3.60. The van der Waals surface area contributed by atoms with Gasteiger partial charge in [0.1, 0.15) is 0 Å². The molecule has 0 aromatic carbocycles. The molecule has 76 valence electrons. The molecule has 0 spiro atoms. The van der Waals surface area contributed by atoms with Crippen molar-refractivity contribution in [2.45, 2.75) is 39.2 Å². The molecule has 0 radical (unpaired) electrons. The van der Waals surface area contributed by atoms with Gasteiger partial charge in [0.2, 0.25) is 0 Å². The normalized spacial score (nSPS) is 19.0. The van der Waals surface area contributed by atoms with Crippen molar-refractivity contribution in [1.82, 2.24) is 4.90 Å². The van der Waals surface area contributed by atoms with Crippen LogP contribution in [-0.2, 0) is 4.79 Å². The van der Waals surface area contributed by atoms with Gasteiger partial charge in [-0.1, -0.05) is 6.92 Å². The fourth-order valence-electron chi connectivity index (χ4n) is 1.46. The molecule has 1 unspecified atom stereocenters. The molecule has 1 atom stereocenters. The molecule has 1 saturated carbocycles. The number of rotatable bonds is 6. The second-order valence-corrected chi connectivity index (χ2v) is 4.02. The smallest absolute Gasteiger partial charge is 0.317 e. The van der Waals surface area contributed by atoms with Crippen molar-refractivity contribution < 1.29 is 9.90 Å². The van der Waals surface area contributed by atoms with E-state index in [1.165, 1.54) is 12.8 Å². The lowest BCUT2D eigenvalue weighted by molar-refractivity contribution is -0.138. The Morgan fingerprint density at radius 3 is 2.62 bits per heavy atom. The third-order valence-corrected chi connectivity index (χ3v) is 2.74. The van der Waals surface area contributed by atoms with Crippen molar-refractivity contribution in [1.29, 1.82) is 0 Å². The standard InChI is InChI=1S/C10H19NO2/c1-3-8(2)11(7-10(12)13)6-9-4-5-9/h8-9H,3-7H2,1-2H3,(H,12,13). The first-order valence-corrected chi connectivity index (χ1v) is 5.09. The van der Waals surface area contributed by atoms with Crippen molar-refractivity contribution >= 4 is 5.97 Å². The van der Waals surface area contributed by atoms with Gasteiger partial charge in [-0.25, -0.2) is 0 Å². The Morgan fingerprint density at radius 2 is 2.23 bits per heavy atom. The highest BCUT2D eigenvalue weighted by molar-refractivity contribution is 5.69. The largest absolute Gasteiger partial charge is 0.480 e. The lowest BCUT2D eigenvalue weighted by Gasteiger charge is -2.26. The lowest BCUT2D eigenvalue weighted by Crippen LogP contribution is -2.38. The van der Waals surface area contributed by atoms with Crippen molar-refractivity contribution in [2.24, 2.45) is 5.92 Å². The highest BCUT2D eigenvalue weighted by Crippen LogP contribution is 2.30. The number of hydrogen-bond acceptors (Lipinski definition) is 2. The molecule has 1 N–H and O–H groups in total. The average molecular weight is 185 g/mol.